The molecule has 0 aliphatic heterocycles. The Labute approximate surface area is 134 Å². The molecule has 121 valence electrons. The van der Waals surface area contributed by atoms with Crippen LogP contribution in [0.3, 0.4) is 0 Å². The fourth-order valence-electron chi connectivity index (χ4n) is 1.90. The van der Waals surface area contributed by atoms with Crippen LogP contribution in [0, 0.1) is 0 Å². The Morgan fingerprint density at radius 3 is 1.40 bits per heavy atom. The van der Waals surface area contributed by atoms with Crippen LogP contribution in [0.4, 0.5) is 0 Å². The van der Waals surface area contributed by atoms with Crippen LogP contribution in [0.15, 0.2) is 0 Å². The van der Waals surface area contributed by atoms with Gasteiger partial charge in [0.05, 0.1) is 0 Å². The van der Waals surface area contributed by atoms with E-state index in [1.54, 1.807) is 0 Å². The van der Waals surface area contributed by atoms with Gasteiger partial charge in [-0.05, 0) is 0 Å². The van der Waals surface area contributed by atoms with Crippen molar-refractivity contribution in [3.8, 4) is 0 Å². The maximum atomic E-state index is 6.43. The minimum atomic E-state index is -2.87. The van der Waals surface area contributed by atoms with Gasteiger partial charge in [0.25, 0.3) is 0 Å². The Bertz CT molecular complexity index is 194. The average molecular weight is 412 g/mol. The molecule has 20 heavy (non-hydrogen) atoms. The van der Waals surface area contributed by atoms with Crippen molar-refractivity contribution in [2.45, 2.75) is 69.2 Å². The minimum absolute atomic E-state index is 0.588. The molecule has 0 fully saturated rings. The number of hydrogen-bond donors (Lipinski definition) is 0. The topological polar surface area (TPSA) is 36.9 Å². The first kappa shape index (κ1) is 20.9. The summed E-state index contributed by atoms with van der Waals surface area (Å²) in [4.78, 5) is 0. The van der Waals surface area contributed by atoms with Crippen LogP contribution in [-0.2, 0) is 16.0 Å². The van der Waals surface area contributed by atoms with Gasteiger partial charge in [-0.3, -0.25) is 0 Å². The van der Waals surface area contributed by atoms with Crippen molar-refractivity contribution in [2.75, 3.05) is 19.8 Å². The van der Waals surface area contributed by atoms with Gasteiger partial charge in [0.1, 0.15) is 0 Å². The molecular formula is C14H33O4SiSn. The molecule has 0 atom stereocenters. The molecule has 0 aromatic rings. The van der Waals surface area contributed by atoms with E-state index in [0.717, 1.165) is 0 Å². The summed E-state index contributed by atoms with van der Waals surface area (Å²) in [7, 11) is -2.87. The molecular weight excluding hydrogens is 379 g/mol. The molecule has 0 saturated carbocycles. The van der Waals surface area contributed by atoms with Crippen LogP contribution in [0.5, 0.6) is 0 Å². The quantitative estimate of drug-likeness (QED) is 0.402. The standard InChI is InChI=1S/C6H15O4Si.2C4H9.Sn/c1-4-8-11(7,9-5-2)10-6-3;2*1-3-4-2;/h4-6H2,1-3H3;2*1,3-4H2,2H3;/q-1;;;+1. The van der Waals surface area contributed by atoms with Gasteiger partial charge in [-0.2, -0.15) is 0 Å². The molecule has 0 aromatic carbocycles. The Morgan fingerprint density at radius 1 is 0.700 bits per heavy atom. The average Bonchev–Trinajstić information content (AvgIpc) is 2.42. The third-order valence-corrected chi connectivity index (χ3v) is 15.1. The summed E-state index contributed by atoms with van der Waals surface area (Å²) >= 11 is -1.92. The van der Waals surface area contributed by atoms with Gasteiger partial charge in [-0.1, -0.05) is 0 Å². The first-order valence-electron chi connectivity index (χ1n) is 8.13. The van der Waals surface area contributed by atoms with Gasteiger partial charge in [-0.15, -0.1) is 0 Å². The Morgan fingerprint density at radius 2 is 1.10 bits per heavy atom. The van der Waals surface area contributed by atoms with E-state index in [0.29, 0.717) is 19.8 Å². The van der Waals surface area contributed by atoms with Crippen LogP contribution >= 0.6 is 0 Å². The van der Waals surface area contributed by atoms with Crippen molar-refractivity contribution in [3.63, 3.8) is 0 Å². The second-order valence-corrected chi connectivity index (χ2v) is 14.4. The van der Waals surface area contributed by atoms with Gasteiger partial charge in [-0.25, -0.2) is 0 Å². The van der Waals surface area contributed by atoms with Crippen LogP contribution in [0.1, 0.15) is 60.3 Å². The van der Waals surface area contributed by atoms with Crippen LogP contribution < -0.4 is 0 Å². The summed E-state index contributed by atoms with van der Waals surface area (Å²) in [5.41, 5.74) is 0. The first-order valence-corrected chi connectivity index (χ1v) is 15.0. The van der Waals surface area contributed by atoms with Crippen molar-refractivity contribution < 1.29 is 16.0 Å². The third kappa shape index (κ3) is 8.99. The van der Waals surface area contributed by atoms with Crippen molar-refractivity contribution in [1.82, 2.24) is 0 Å². The van der Waals surface area contributed by atoms with E-state index in [-0.39, 0.29) is 0 Å². The predicted octanol–water partition coefficient (Wildman–Crippen LogP) is 4.14. The molecule has 0 aliphatic carbocycles. The number of hydrogen-bond acceptors (Lipinski definition) is 4. The zero-order valence-corrected chi connectivity index (χ0v) is 17.9. The summed E-state index contributed by atoms with van der Waals surface area (Å²) in [5, 5.41) is 0. The molecule has 0 rings (SSSR count). The van der Waals surface area contributed by atoms with Crippen molar-refractivity contribution in [2.24, 2.45) is 0 Å². The van der Waals surface area contributed by atoms with Gasteiger partial charge in [0, 0.05) is 0 Å². The Hall–Kier alpha value is 0.856. The van der Waals surface area contributed by atoms with Gasteiger partial charge < -0.3 is 0 Å². The summed E-state index contributed by atoms with van der Waals surface area (Å²) in [5.74, 6) is 0. The number of rotatable bonds is 14. The van der Waals surface area contributed by atoms with E-state index in [2.05, 4.69) is 13.8 Å². The van der Waals surface area contributed by atoms with E-state index in [1.165, 1.54) is 34.6 Å². The summed E-state index contributed by atoms with van der Waals surface area (Å²) in [6.45, 7) is 12.2. The maximum absolute atomic E-state index is 6.43. The van der Waals surface area contributed by atoms with Gasteiger partial charge >= 0.3 is 134 Å². The second-order valence-electron chi connectivity index (χ2n) is 4.65. The Kier molecular flexibility index (Phi) is 14.1. The molecule has 0 aliphatic rings. The zero-order valence-electron chi connectivity index (χ0n) is 14.0. The first-order chi connectivity index (χ1) is 9.67. The molecule has 0 saturated heterocycles. The summed E-state index contributed by atoms with van der Waals surface area (Å²) in [6.07, 6.45) is 4.97. The molecule has 0 amide bonds. The molecule has 0 spiro atoms. The Balaban J connectivity index is 4.71. The monoisotopic (exact) mass is 413 g/mol. The van der Waals surface area contributed by atoms with Gasteiger partial charge in [0.15, 0.2) is 0 Å². The molecule has 0 heterocycles. The SMILES string of the molecule is CCC[CH2][Sn]([CH2]CCC)[O][Si](OCC)(OCC)OCC. The van der Waals surface area contributed by atoms with E-state index < -0.39 is 29.2 Å². The molecule has 0 aromatic heterocycles. The van der Waals surface area contributed by atoms with E-state index >= 15 is 0 Å². The van der Waals surface area contributed by atoms with Crippen molar-refractivity contribution >= 4 is 29.2 Å². The van der Waals surface area contributed by atoms with E-state index in [9.17, 15) is 0 Å². The fourth-order valence-corrected chi connectivity index (χ4v) is 15.2. The predicted molar refractivity (Wildman–Crippen MR) is 86.9 cm³/mol. The molecule has 1 radical (unpaired) electrons. The second kappa shape index (κ2) is 13.5. The molecule has 0 N–H and O–H groups in total. The van der Waals surface area contributed by atoms with Crippen LogP contribution in [0.2, 0.25) is 8.87 Å². The van der Waals surface area contributed by atoms with Crippen molar-refractivity contribution in [1.29, 1.82) is 0 Å². The number of unbranched alkanes of at least 4 members (excludes halogenated alkanes) is 2. The zero-order chi connectivity index (χ0) is 15.3. The van der Waals surface area contributed by atoms with Crippen LogP contribution in [0.25, 0.3) is 0 Å². The van der Waals surface area contributed by atoms with Crippen LogP contribution in [-0.4, -0.2) is 49.0 Å². The fraction of sp³-hybridized carbons (Fsp3) is 1.00. The summed E-state index contributed by atoms with van der Waals surface area (Å²) in [6, 6.07) is 0. The molecule has 4 nitrogen and oxygen atoms in total. The molecule has 0 unspecified atom stereocenters. The third-order valence-electron chi connectivity index (χ3n) is 2.85. The normalized spacial score (nSPS) is 12.3. The van der Waals surface area contributed by atoms with E-state index in [1.807, 2.05) is 20.8 Å². The molecule has 6 heteroatoms. The molecule has 0 bridgehead atoms. The van der Waals surface area contributed by atoms with E-state index in [4.69, 9.17) is 16.0 Å². The summed E-state index contributed by atoms with van der Waals surface area (Å²) < 4.78 is 26.4. The van der Waals surface area contributed by atoms with Gasteiger partial charge in [0.2, 0.25) is 0 Å². The van der Waals surface area contributed by atoms with Crippen molar-refractivity contribution in [3.05, 3.63) is 0 Å².